The molecule has 0 aliphatic carbocycles. The maximum absolute atomic E-state index is 12.2. The number of hydrogen-bond acceptors (Lipinski definition) is 2. The van der Waals surface area contributed by atoms with Crippen LogP contribution in [0.15, 0.2) is 24.3 Å². The van der Waals surface area contributed by atoms with Gasteiger partial charge in [-0.2, -0.15) is 13.2 Å². The summed E-state index contributed by atoms with van der Waals surface area (Å²) in [4.78, 5) is 0. The highest BCUT2D eigenvalue weighted by atomic mass is 19.4. The molecule has 0 radical (unpaired) electrons. The largest absolute Gasteiger partial charge is 0.418 e. The van der Waals surface area contributed by atoms with Gasteiger partial charge in [-0.05, 0) is 25.1 Å². The van der Waals surface area contributed by atoms with E-state index in [4.69, 9.17) is 5.11 Å². The molecule has 2 unspecified atom stereocenters. The highest BCUT2D eigenvalue weighted by Gasteiger charge is 2.39. The molecule has 1 aromatic carbocycles. The molecule has 0 heterocycles. The minimum Gasteiger partial charge on any atom is -0.379 e. The van der Waals surface area contributed by atoms with Crippen molar-refractivity contribution in [2.45, 2.75) is 25.2 Å². The molecule has 0 fully saturated rings. The molecule has 0 aromatic heterocycles. The quantitative estimate of drug-likeness (QED) is 0.841. The number of aliphatic hydroxyl groups is 1. The number of hydrogen-bond donors (Lipinski definition) is 2. The van der Waals surface area contributed by atoms with E-state index in [-0.39, 0.29) is 11.6 Å². The minimum absolute atomic E-state index is 0.0667. The number of aliphatic hydroxyl groups excluding tert-OH is 1. The first kappa shape index (κ1) is 13.0. The summed E-state index contributed by atoms with van der Waals surface area (Å²) in [6.07, 6.45) is -7.03. The lowest BCUT2D eigenvalue weighted by atomic mass is 10.0. The number of alkyl halides is 3. The smallest absolute Gasteiger partial charge is 0.379 e. The highest BCUT2D eigenvalue weighted by Crippen LogP contribution is 2.32. The van der Waals surface area contributed by atoms with Crippen molar-refractivity contribution in [1.82, 2.24) is 5.32 Å². The molecular formula is C11H14F3NO. The third kappa shape index (κ3) is 2.96. The van der Waals surface area contributed by atoms with E-state index < -0.39 is 12.3 Å². The maximum Gasteiger partial charge on any atom is 0.418 e. The summed E-state index contributed by atoms with van der Waals surface area (Å²) >= 11 is 0. The van der Waals surface area contributed by atoms with Gasteiger partial charge < -0.3 is 10.4 Å². The van der Waals surface area contributed by atoms with Crippen molar-refractivity contribution < 1.29 is 18.3 Å². The second-order valence-corrected chi connectivity index (χ2v) is 3.62. The van der Waals surface area contributed by atoms with Crippen LogP contribution in [0.25, 0.3) is 0 Å². The zero-order valence-corrected chi connectivity index (χ0v) is 9.05. The fraction of sp³-hybridized carbons (Fsp3) is 0.455. The van der Waals surface area contributed by atoms with Crippen molar-refractivity contribution in [1.29, 1.82) is 0 Å². The number of halogens is 3. The summed E-state index contributed by atoms with van der Waals surface area (Å²) in [7, 11) is 1.77. The first-order valence-corrected chi connectivity index (χ1v) is 4.88. The van der Waals surface area contributed by atoms with E-state index in [9.17, 15) is 13.2 Å². The molecule has 0 saturated heterocycles. The Morgan fingerprint density at radius 3 is 1.94 bits per heavy atom. The van der Waals surface area contributed by atoms with E-state index in [1.165, 1.54) is 12.1 Å². The molecule has 2 atom stereocenters. The molecule has 1 aromatic rings. The van der Waals surface area contributed by atoms with Gasteiger partial charge in [-0.3, -0.25) is 0 Å². The first-order chi connectivity index (χ1) is 7.36. The van der Waals surface area contributed by atoms with Crippen LogP contribution in [0.1, 0.15) is 30.2 Å². The molecule has 0 saturated carbocycles. The normalized spacial score (nSPS) is 15.9. The Bertz CT molecular complexity index is 334. The standard InChI is InChI=1S/C11H14F3NO/c1-7(15-2)8-3-5-9(6-4-8)10(16)11(12,13)14/h3-7,10,15-16H,1-2H3. The number of rotatable bonds is 3. The third-order valence-corrected chi connectivity index (χ3v) is 2.50. The van der Waals surface area contributed by atoms with Crippen LogP contribution in [-0.4, -0.2) is 18.3 Å². The molecule has 0 bridgehead atoms. The summed E-state index contributed by atoms with van der Waals surface area (Å²) in [6, 6.07) is 5.80. The van der Waals surface area contributed by atoms with Crippen LogP contribution in [0.4, 0.5) is 13.2 Å². The summed E-state index contributed by atoms with van der Waals surface area (Å²) in [5, 5.41) is 12.0. The molecule has 0 aliphatic rings. The van der Waals surface area contributed by atoms with Gasteiger partial charge in [0.2, 0.25) is 0 Å². The number of benzene rings is 1. The van der Waals surface area contributed by atoms with Crippen molar-refractivity contribution in [3.8, 4) is 0 Å². The maximum atomic E-state index is 12.2. The van der Waals surface area contributed by atoms with Gasteiger partial charge in [-0.25, -0.2) is 0 Å². The Kier molecular flexibility index (Phi) is 3.93. The first-order valence-electron chi connectivity index (χ1n) is 4.88. The zero-order valence-electron chi connectivity index (χ0n) is 9.05. The summed E-state index contributed by atoms with van der Waals surface area (Å²) in [5.41, 5.74) is 0.736. The topological polar surface area (TPSA) is 32.3 Å². The van der Waals surface area contributed by atoms with Gasteiger partial charge in [0, 0.05) is 6.04 Å². The Morgan fingerprint density at radius 1 is 1.12 bits per heavy atom. The molecule has 2 nitrogen and oxygen atoms in total. The van der Waals surface area contributed by atoms with Gasteiger partial charge in [0.25, 0.3) is 0 Å². The van der Waals surface area contributed by atoms with E-state index >= 15 is 0 Å². The number of nitrogens with one attached hydrogen (secondary N) is 1. The van der Waals surface area contributed by atoms with Gasteiger partial charge in [-0.15, -0.1) is 0 Å². The van der Waals surface area contributed by atoms with Crippen LogP contribution in [-0.2, 0) is 0 Å². The van der Waals surface area contributed by atoms with Crippen LogP contribution in [0.2, 0.25) is 0 Å². The third-order valence-electron chi connectivity index (χ3n) is 2.50. The summed E-state index contributed by atoms with van der Waals surface area (Å²) in [5.74, 6) is 0. The van der Waals surface area contributed by atoms with Gasteiger partial charge in [0.05, 0.1) is 0 Å². The van der Waals surface area contributed by atoms with Crippen molar-refractivity contribution in [3.05, 3.63) is 35.4 Å². The van der Waals surface area contributed by atoms with Gasteiger partial charge in [0.15, 0.2) is 6.10 Å². The minimum atomic E-state index is -4.61. The Hall–Kier alpha value is -1.07. The van der Waals surface area contributed by atoms with Crippen LogP contribution >= 0.6 is 0 Å². The molecule has 0 amide bonds. The predicted octanol–water partition coefficient (Wildman–Crippen LogP) is 2.56. The Balaban J connectivity index is 2.87. The Labute approximate surface area is 92.1 Å². The SMILES string of the molecule is CNC(C)c1ccc(C(O)C(F)(F)F)cc1. The molecular weight excluding hydrogens is 219 g/mol. The second-order valence-electron chi connectivity index (χ2n) is 3.62. The van der Waals surface area contributed by atoms with Crippen molar-refractivity contribution in [2.24, 2.45) is 0 Å². The fourth-order valence-corrected chi connectivity index (χ4v) is 1.32. The van der Waals surface area contributed by atoms with Crippen LogP contribution < -0.4 is 5.32 Å². The summed E-state index contributed by atoms with van der Waals surface area (Å²) < 4.78 is 36.6. The Morgan fingerprint density at radius 2 is 1.56 bits per heavy atom. The van der Waals surface area contributed by atoms with E-state index in [2.05, 4.69) is 5.32 Å². The van der Waals surface area contributed by atoms with E-state index in [1.54, 1.807) is 19.2 Å². The van der Waals surface area contributed by atoms with Gasteiger partial charge in [-0.1, -0.05) is 24.3 Å². The lowest BCUT2D eigenvalue weighted by Crippen LogP contribution is -2.20. The second kappa shape index (κ2) is 4.84. The molecule has 90 valence electrons. The van der Waals surface area contributed by atoms with E-state index in [1.807, 2.05) is 6.92 Å². The monoisotopic (exact) mass is 233 g/mol. The lowest BCUT2D eigenvalue weighted by molar-refractivity contribution is -0.206. The summed E-state index contributed by atoms with van der Waals surface area (Å²) in [6.45, 7) is 1.90. The molecule has 2 N–H and O–H groups in total. The molecule has 0 spiro atoms. The molecule has 16 heavy (non-hydrogen) atoms. The van der Waals surface area contributed by atoms with Crippen LogP contribution in [0.5, 0.6) is 0 Å². The highest BCUT2D eigenvalue weighted by molar-refractivity contribution is 5.26. The van der Waals surface area contributed by atoms with Gasteiger partial charge in [0.1, 0.15) is 0 Å². The average Bonchev–Trinajstić information content (AvgIpc) is 2.26. The fourth-order valence-electron chi connectivity index (χ4n) is 1.32. The van der Waals surface area contributed by atoms with E-state index in [0.29, 0.717) is 0 Å². The lowest BCUT2D eigenvalue weighted by Gasteiger charge is -2.16. The zero-order chi connectivity index (χ0) is 12.3. The average molecular weight is 233 g/mol. The van der Waals surface area contributed by atoms with Crippen LogP contribution in [0, 0.1) is 0 Å². The van der Waals surface area contributed by atoms with Crippen LogP contribution in [0.3, 0.4) is 0 Å². The molecule has 1 rings (SSSR count). The van der Waals surface area contributed by atoms with Crippen molar-refractivity contribution in [2.75, 3.05) is 7.05 Å². The van der Waals surface area contributed by atoms with Gasteiger partial charge >= 0.3 is 6.18 Å². The van der Waals surface area contributed by atoms with Crippen molar-refractivity contribution >= 4 is 0 Å². The predicted molar refractivity (Wildman–Crippen MR) is 54.9 cm³/mol. The van der Waals surface area contributed by atoms with Crippen molar-refractivity contribution in [3.63, 3.8) is 0 Å². The van der Waals surface area contributed by atoms with E-state index in [0.717, 1.165) is 5.56 Å². The molecule has 0 aliphatic heterocycles. The molecule has 5 heteroatoms.